The second-order valence-corrected chi connectivity index (χ2v) is 6.23. The van der Waals surface area contributed by atoms with Gasteiger partial charge >= 0.3 is 0 Å². The lowest BCUT2D eigenvalue weighted by molar-refractivity contribution is 0.0763. The van der Waals surface area contributed by atoms with Gasteiger partial charge in [0.2, 0.25) is 5.88 Å². The molecule has 0 radical (unpaired) electrons. The number of hydrogen-bond donors (Lipinski definition) is 1. The van der Waals surface area contributed by atoms with E-state index in [-0.39, 0.29) is 30.7 Å². The molecule has 136 valence electrons. The maximum atomic E-state index is 12.8. The smallest absolute Gasteiger partial charge is 0.259 e. The lowest BCUT2D eigenvalue weighted by atomic mass is 10.2. The van der Waals surface area contributed by atoms with Crippen molar-refractivity contribution < 1.29 is 9.53 Å². The number of benzene rings is 1. The summed E-state index contributed by atoms with van der Waals surface area (Å²) in [7, 11) is 0. The largest absolute Gasteiger partial charge is 0.438 e. The third-order valence-electron chi connectivity index (χ3n) is 3.64. The lowest BCUT2D eigenvalue weighted by Gasteiger charge is -2.21. The van der Waals surface area contributed by atoms with Gasteiger partial charge in [-0.15, -0.1) is 24.8 Å². The van der Waals surface area contributed by atoms with Gasteiger partial charge in [0.05, 0.1) is 0 Å². The number of amides is 1. The summed E-state index contributed by atoms with van der Waals surface area (Å²) in [6.07, 6.45) is 2.59. The minimum Gasteiger partial charge on any atom is -0.438 e. The van der Waals surface area contributed by atoms with Gasteiger partial charge in [-0.25, -0.2) is 4.98 Å². The summed E-state index contributed by atoms with van der Waals surface area (Å²) in [5, 5.41) is 3.30. The van der Waals surface area contributed by atoms with Gasteiger partial charge in [-0.1, -0.05) is 22.0 Å². The summed E-state index contributed by atoms with van der Waals surface area (Å²) >= 11 is 3.41. The van der Waals surface area contributed by atoms with Crippen LogP contribution in [0.15, 0.2) is 47.1 Å². The molecule has 1 saturated heterocycles. The third-order valence-corrected chi connectivity index (χ3v) is 4.13. The van der Waals surface area contributed by atoms with Crippen molar-refractivity contribution in [1.82, 2.24) is 15.2 Å². The number of halogens is 3. The monoisotopic (exact) mass is 447 g/mol. The van der Waals surface area contributed by atoms with Gasteiger partial charge in [-0.2, -0.15) is 0 Å². The molecule has 0 aliphatic carbocycles. The molecule has 0 spiro atoms. The summed E-state index contributed by atoms with van der Waals surface area (Å²) in [5.74, 6) is 0.948. The average Bonchev–Trinajstić information content (AvgIpc) is 2.84. The number of ether oxygens (including phenoxy) is 1. The first-order valence-electron chi connectivity index (χ1n) is 7.62. The highest BCUT2D eigenvalue weighted by atomic mass is 79.9. The van der Waals surface area contributed by atoms with Crippen LogP contribution in [0.2, 0.25) is 0 Å². The molecule has 0 saturated carbocycles. The van der Waals surface area contributed by atoms with Gasteiger partial charge in [-0.05, 0) is 43.3 Å². The van der Waals surface area contributed by atoms with Gasteiger partial charge in [0.25, 0.3) is 5.91 Å². The van der Waals surface area contributed by atoms with Crippen molar-refractivity contribution in [1.29, 1.82) is 0 Å². The van der Waals surface area contributed by atoms with Crippen LogP contribution in [-0.2, 0) is 0 Å². The predicted molar refractivity (Wildman–Crippen MR) is 106 cm³/mol. The Hall–Kier alpha value is -1.34. The fraction of sp³-hybridized carbons (Fsp3) is 0.294. The highest BCUT2D eigenvalue weighted by Gasteiger charge is 2.21. The van der Waals surface area contributed by atoms with Crippen LogP contribution in [-0.4, -0.2) is 42.0 Å². The number of aromatic nitrogens is 1. The van der Waals surface area contributed by atoms with Crippen LogP contribution in [0, 0.1) is 0 Å². The Bertz CT molecular complexity index is 695. The Balaban J connectivity index is 0.00000156. The van der Waals surface area contributed by atoms with E-state index in [0.717, 1.165) is 30.5 Å². The number of rotatable bonds is 3. The Labute approximate surface area is 168 Å². The van der Waals surface area contributed by atoms with Crippen molar-refractivity contribution in [3.8, 4) is 11.6 Å². The fourth-order valence-electron chi connectivity index (χ4n) is 2.50. The third kappa shape index (κ3) is 5.85. The molecule has 1 aromatic carbocycles. The van der Waals surface area contributed by atoms with Crippen LogP contribution in [0.3, 0.4) is 0 Å². The highest BCUT2D eigenvalue weighted by molar-refractivity contribution is 9.10. The number of nitrogens with one attached hydrogen (secondary N) is 1. The van der Waals surface area contributed by atoms with E-state index in [1.165, 1.54) is 0 Å². The van der Waals surface area contributed by atoms with Crippen molar-refractivity contribution in [2.45, 2.75) is 6.42 Å². The maximum Gasteiger partial charge on any atom is 0.259 e. The molecule has 2 heterocycles. The number of carbonyl (C=O) groups excluding carboxylic acids is 1. The first-order chi connectivity index (χ1) is 11.2. The standard InChI is InChI=1S/C17H18BrN3O2.2ClH/c18-13-4-1-5-14(12-13)23-16-15(6-2-8-20-16)17(22)21-10-3-7-19-9-11-21;;/h1-2,4-6,8,12,19H,3,7,9-11H2;2*1H. The zero-order valence-corrected chi connectivity index (χ0v) is 16.7. The molecular formula is C17H20BrCl2N3O2. The van der Waals surface area contributed by atoms with Crippen LogP contribution in [0.5, 0.6) is 11.6 Å². The topological polar surface area (TPSA) is 54.5 Å². The summed E-state index contributed by atoms with van der Waals surface area (Å²) in [5.41, 5.74) is 0.495. The first-order valence-corrected chi connectivity index (χ1v) is 8.42. The molecule has 25 heavy (non-hydrogen) atoms. The number of carbonyl (C=O) groups is 1. The van der Waals surface area contributed by atoms with E-state index in [2.05, 4.69) is 26.2 Å². The van der Waals surface area contributed by atoms with Crippen molar-refractivity contribution in [2.75, 3.05) is 26.2 Å². The van der Waals surface area contributed by atoms with E-state index in [4.69, 9.17) is 4.74 Å². The molecule has 1 aromatic heterocycles. The molecule has 1 aliphatic heterocycles. The quantitative estimate of drug-likeness (QED) is 0.773. The Morgan fingerprint density at radius 3 is 2.80 bits per heavy atom. The van der Waals surface area contributed by atoms with Crippen LogP contribution < -0.4 is 10.1 Å². The minimum atomic E-state index is -0.0354. The van der Waals surface area contributed by atoms with Crippen molar-refractivity contribution >= 4 is 46.7 Å². The Morgan fingerprint density at radius 2 is 2.00 bits per heavy atom. The van der Waals surface area contributed by atoms with E-state index in [1.807, 2.05) is 29.2 Å². The van der Waals surface area contributed by atoms with Gasteiger partial charge < -0.3 is 15.0 Å². The number of pyridine rings is 1. The van der Waals surface area contributed by atoms with Crippen LogP contribution >= 0.6 is 40.7 Å². The van der Waals surface area contributed by atoms with Gasteiger partial charge in [-0.3, -0.25) is 4.79 Å². The molecule has 5 nitrogen and oxygen atoms in total. The summed E-state index contributed by atoms with van der Waals surface area (Å²) < 4.78 is 6.74. The van der Waals surface area contributed by atoms with Crippen LogP contribution in [0.1, 0.15) is 16.8 Å². The van der Waals surface area contributed by atoms with Gasteiger partial charge in [0, 0.05) is 30.3 Å². The zero-order valence-electron chi connectivity index (χ0n) is 13.5. The summed E-state index contributed by atoms with van der Waals surface area (Å²) in [6.45, 7) is 3.20. The number of nitrogens with zero attached hydrogens (tertiary/aromatic N) is 2. The average molecular weight is 449 g/mol. The van der Waals surface area contributed by atoms with E-state index in [9.17, 15) is 4.79 Å². The van der Waals surface area contributed by atoms with Crippen molar-refractivity contribution in [3.63, 3.8) is 0 Å². The van der Waals surface area contributed by atoms with Crippen molar-refractivity contribution in [3.05, 3.63) is 52.6 Å². The second kappa shape index (κ2) is 10.6. The minimum absolute atomic E-state index is 0. The molecular weight excluding hydrogens is 429 g/mol. The molecule has 2 aromatic rings. The Morgan fingerprint density at radius 1 is 1.16 bits per heavy atom. The van der Waals surface area contributed by atoms with Gasteiger partial charge in [0.15, 0.2) is 0 Å². The normalized spacial score (nSPS) is 13.9. The number of hydrogen-bond acceptors (Lipinski definition) is 4. The molecule has 3 rings (SSSR count). The van der Waals surface area contributed by atoms with Crippen molar-refractivity contribution in [2.24, 2.45) is 0 Å². The summed E-state index contributed by atoms with van der Waals surface area (Å²) in [4.78, 5) is 18.9. The molecule has 8 heteroatoms. The molecule has 1 aliphatic rings. The molecule has 0 atom stereocenters. The first kappa shape index (κ1) is 21.7. The van der Waals surface area contributed by atoms with E-state index >= 15 is 0 Å². The Kier molecular flexibility index (Phi) is 9.21. The molecule has 0 bridgehead atoms. The SMILES string of the molecule is Cl.Cl.O=C(c1cccnc1Oc1cccc(Br)c1)N1CCCNCC1. The highest BCUT2D eigenvalue weighted by Crippen LogP contribution is 2.26. The van der Waals surface area contributed by atoms with Gasteiger partial charge in [0.1, 0.15) is 11.3 Å². The van der Waals surface area contributed by atoms with E-state index in [1.54, 1.807) is 18.3 Å². The zero-order chi connectivity index (χ0) is 16.1. The molecule has 1 fully saturated rings. The van der Waals surface area contributed by atoms with Crippen LogP contribution in [0.25, 0.3) is 0 Å². The molecule has 0 unspecified atom stereocenters. The van der Waals surface area contributed by atoms with E-state index < -0.39 is 0 Å². The fourth-order valence-corrected chi connectivity index (χ4v) is 2.87. The maximum absolute atomic E-state index is 12.8. The molecule has 1 N–H and O–H groups in total. The van der Waals surface area contributed by atoms with Crippen LogP contribution in [0.4, 0.5) is 0 Å². The predicted octanol–water partition coefficient (Wildman–Crippen LogP) is 3.92. The van der Waals surface area contributed by atoms with E-state index in [0.29, 0.717) is 23.7 Å². The summed E-state index contributed by atoms with van der Waals surface area (Å²) in [6, 6.07) is 11.0. The lowest BCUT2D eigenvalue weighted by Crippen LogP contribution is -2.34. The molecule has 1 amide bonds. The second-order valence-electron chi connectivity index (χ2n) is 5.31.